The van der Waals surface area contributed by atoms with Gasteiger partial charge in [0.05, 0.1) is 12.1 Å². The number of Topliss-reactive ketones (excluding diaryl/α,β-unsaturated/α-hetero) is 1. The molecule has 0 radical (unpaired) electrons. The van der Waals surface area contributed by atoms with Gasteiger partial charge in [0.25, 0.3) is 0 Å². The van der Waals surface area contributed by atoms with Gasteiger partial charge in [0, 0.05) is 25.1 Å². The van der Waals surface area contributed by atoms with Gasteiger partial charge in [0.2, 0.25) is 0 Å². The van der Waals surface area contributed by atoms with Gasteiger partial charge in [0.1, 0.15) is 17.1 Å². The smallest absolute Gasteiger partial charge is 0.410 e. The van der Waals surface area contributed by atoms with Crippen LogP contribution in [-0.2, 0) is 16.0 Å². The van der Waals surface area contributed by atoms with E-state index in [0.29, 0.717) is 18.8 Å². The van der Waals surface area contributed by atoms with E-state index in [4.69, 9.17) is 9.26 Å². The molecule has 1 saturated heterocycles. The third kappa shape index (κ3) is 4.58. The maximum atomic E-state index is 12.4. The Morgan fingerprint density at radius 1 is 1.45 bits per heavy atom. The van der Waals surface area contributed by atoms with Crippen molar-refractivity contribution in [3.63, 3.8) is 0 Å². The fourth-order valence-corrected chi connectivity index (χ4v) is 2.55. The molecule has 2 heterocycles. The minimum Gasteiger partial charge on any atom is -0.444 e. The molecular formula is C16H24N2O4. The van der Waals surface area contributed by atoms with E-state index in [0.717, 1.165) is 18.5 Å². The topological polar surface area (TPSA) is 72.6 Å². The normalized spacial score (nSPS) is 19.1. The van der Waals surface area contributed by atoms with Crippen LogP contribution in [0.25, 0.3) is 0 Å². The van der Waals surface area contributed by atoms with Crippen LogP contribution in [0.1, 0.15) is 45.1 Å². The van der Waals surface area contributed by atoms with Crippen LogP contribution in [0.15, 0.2) is 10.6 Å². The zero-order valence-corrected chi connectivity index (χ0v) is 13.7. The summed E-state index contributed by atoms with van der Waals surface area (Å²) in [4.78, 5) is 26.1. The second-order valence-corrected chi connectivity index (χ2v) is 6.84. The highest BCUT2D eigenvalue weighted by molar-refractivity contribution is 5.83. The fourth-order valence-electron chi connectivity index (χ4n) is 2.55. The molecule has 0 N–H and O–H groups in total. The molecule has 6 nitrogen and oxygen atoms in total. The highest BCUT2D eigenvalue weighted by Crippen LogP contribution is 2.21. The third-order valence-corrected chi connectivity index (χ3v) is 3.55. The van der Waals surface area contributed by atoms with Crippen LogP contribution in [0.4, 0.5) is 4.79 Å². The van der Waals surface area contributed by atoms with Gasteiger partial charge < -0.3 is 14.2 Å². The Labute approximate surface area is 130 Å². The average Bonchev–Trinajstić information content (AvgIpc) is 2.82. The van der Waals surface area contributed by atoms with Gasteiger partial charge in [-0.05, 0) is 40.5 Å². The summed E-state index contributed by atoms with van der Waals surface area (Å²) in [6.07, 6.45) is 1.49. The van der Waals surface area contributed by atoms with Crippen molar-refractivity contribution < 1.29 is 18.8 Å². The van der Waals surface area contributed by atoms with Crippen molar-refractivity contribution in [3.05, 3.63) is 17.5 Å². The Morgan fingerprint density at radius 3 is 2.77 bits per heavy atom. The number of ketones is 1. The first-order valence-corrected chi connectivity index (χ1v) is 7.67. The van der Waals surface area contributed by atoms with E-state index in [2.05, 4.69) is 5.16 Å². The molecule has 22 heavy (non-hydrogen) atoms. The number of nitrogens with zero attached hydrogens (tertiary/aromatic N) is 2. The van der Waals surface area contributed by atoms with Crippen molar-refractivity contribution in [2.45, 2.75) is 52.6 Å². The summed E-state index contributed by atoms with van der Waals surface area (Å²) in [5, 5.41) is 3.79. The third-order valence-electron chi connectivity index (χ3n) is 3.55. The Bertz CT molecular complexity index is 545. The summed E-state index contributed by atoms with van der Waals surface area (Å²) in [6, 6.07) is 1.77. The first kappa shape index (κ1) is 16.5. The Kier molecular flexibility index (Phi) is 4.88. The van der Waals surface area contributed by atoms with Gasteiger partial charge in [0.15, 0.2) is 0 Å². The van der Waals surface area contributed by atoms with Crippen molar-refractivity contribution >= 4 is 11.9 Å². The van der Waals surface area contributed by atoms with Crippen molar-refractivity contribution in [1.29, 1.82) is 0 Å². The zero-order valence-electron chi connectivity index (χ0n) is 13.7. The molecule has 0 aromatic carbocycles. The number of amides is 1. The van der Waals surface area contributed by atoms with Crippen LogP contribution in [0.5, 0.6) is 0 Å². The van der Waals surface area contributed by atoms with Gasteiger partial charge in [-0.2, -0.15) is 0 Å². The van der Waals surface area contributed by atoms with E-state index in [1.54, 1.807) is 11.0 Å². The summed E-state index contributed by atoms with van der Waals surface area (Å²) < 4.78 is 10.5. The first-order valence-electron chi connectivity index (χ1n) is 7.67. The van der Waals surface area contributed by atoms with Crippen LogP contribution in [0.2, 0.25) is 0 Å². The van der Waals surface area contributed by atoms with Gasteiger partial charge in [-0.3, -0.25) is 4.79 Å². The molecule has 6 heteroatoms. The average molecular weight is 308 g/mol. The largest absolute Gasteiger partial charge is 0.444 e. The molecule has 0 bridgehead atoms. The van der Waals surface area contributed by atoms with Crippen LogP contribution in [-0.4, -0.2) is 40.6 Å². The van der Waals surface area contributed by atoms with Gasteiger partial charge in [-0.25, -0.2) is 4.79 Å². The second kappa shape index (κ2) is 6.50. The maximum Gasteiger partial charge on any atom is 0.410 e. The SMILES string of the molecule is Cc1cc(CC(=O)C2CCCN(C(=O)OC(C)(C)C)C2)on1. The lowest BCUT2D eigenvalue weighted by Gasteiger charge is -2.33. The van der Waals surface area contributed by atoms with Crippen molar-refractivity contribution in [2.24, 2.45) is 5.92 Å². The molecule has 1 atom stereocenters. The quantitative estimate of drug-likeness (QED) is 0.858. The number of piperidine rings is 1. The molecule has 0 aliphatic carbocycles. The van der Waals surface area contributed by atoms with Gasteiger partial charge in [-0.1, -0.05) is 5.16 Å². The molecule has 1 fully saturated rings. The molecule has 1 aromatic rings. The van der Waals surface area contributed by atoms with E-state index in [-0.39, 0.29) is 24.2 Å². The maximum absolute atomic E-state index is 12.4. The summed E-state index contributed by atoms with van der Waals surface area (Å²) in [5.41, 5.74) is 0.243. The number of hydrogen-bond acceptors (Lipinski definition) is 5. The van der Waals surface area contributed by atoms with E-state index in [1.807, 2.05) is 27.7 Å². The number of carbonyl (C=O) groups is 2. The van der Waals surface area contributed by atoms with E-state index >= 15 is 0 Å². The second-order valence-electron chi connectivity index (χ2n) is 6.84. The van der Waals surface area contributed by atoms with Crippen LogP contribution in [0.3, 0.4) is 0 Å². The van der Waals surface area contributed by atoms with Crippen molar-refractivity contribution in [2.75, 3.05) is 13.1 Å². The highest BCUT2D eigenvalue weighted by Gasteiger charge is 2.31. The van der Waals surface area contributed by atoms with Gasteiger partial charge >= 0.3 is 6.09 Å². The summed E-state index contributed by atoms with van der Waals surface area (Å²) in [7, 11) is 0. The molecule has 0 spiro atoms. The highest BCUT2D eigenvalue weighted by atomic mass is 16.6. The van der Waals surface area contributed by atoms with Crippen molar-refractivity contribution in [3.8, 4) is 0 Å². The van der Waals surface area contributed by atoms with Crippen LogP contribution < -0.4 is 0 Å². The number of aryl methyl sites for hydroxylation is 1. The first-order chi connectivity index (χ1) is 10.2. The lowest BCUT2D eigenvalue weighted by Crippen LogP contribution is -2.44. The Balaban J connectivity index is 1.92. The van der Waals surface area contributed by atoms with E-state index in [9.17, 15) is 9.59 Å². The molecule has 1 unspecified atom stereocenters. The predicted octanol–water partition coefficient (Wildman–Crippen LogP) is 2.74. The van der Waals surface area contributed by atoms with E-state index in [1.165, 1.54) is 0 Å². The summed E-state index contributed by atoms with van der Waals surface area (Å²) in [6.45, 7) is 8.39. The minimum atomic E-state index is -0.522. The molecule has 1 amide bonds. The lowest BCUT2D eigenvalue weighted by molar-refractivity contribution is -0.124. The summed E-state index contributed by atoms with van der Waals surface area (Å²) >= 11 is 0. The number of ether oxygens (including phenoxy) is 1. The molecule has 1 aromatic heterocycles. The summed E-state index contributed by atoms with van der Waals surface area (Å²) in [5.74, 6) is 0.507. The number of rotatable bonds is 3. The molecule has 122 valence electrons. The minimum absolute atomic E-state index is 0.0874. The fraction of sp³-hybridized carbons (Fsp3) is 0.688. The van der Waals surface area contributed by atoms with Gasteiger partial charge in [-0.15, -0.1) is 0 Å². The van der Waals surface area contributed by atoms with E-state index < -0.39 is 5.60 Å². The van der Waals surface area contributed by atoms with Crippen LogP contribution in [0, 0.1) is 12.8 Å². The lowest BCUT2D eigenvalue weighted by atomic mass is 9.92. The molecule has 0 saturated carbocycles. The number of aromatic nitrogens is 1. The molecular weight excluding hydrogens is 284 g/mol. The zero-order chi connectivity index (χ0) is 16.3. The van der Waals surface area contributed by atoms with Crippen LogP contribution >= 0.6 is 0 Å². The molecule has 2 rings (SSSR count). The number of likely N-dealkylation sites (tertiary alicyclic amines) is 1. The number of carbonyl (C=O) groups excluding carboxylic acids is 2. The Morgan fingerprint density at radius 2 is 2.18 bits per heavy atom. The predicted molar refractivity (Wildman–Crippen MR) is 80.5 cm³/mol. The monoisotopic (exact) mass is 308 g/mol. The Hall–Kier alpha value is -1.85. The molecule has 1 aliphatic rings. The standard InChI is InChI=1S/C16H24N2O4/c1-11-8-13(22-17-11)9-14(19)12-6-5-7-18(10-12)15(20)21-16(2,3)4/h8,12H,5-7,9-10H2,1-4H3. The number of hydrogen-bond donors (Lipinski definition) is 0. The molecule has 1 aliphatic heterocycles. The van der Waals surface area contributed by atoms with Crippen molar-refractivity contribution in [1.82, 2.24) is 10.1 Å².